The Balaban J connectivity index is 1.54. The Morgan fingerprint density at radius 2 is 1.88 bits per heavy atom. The lowest BCUT2D eigenvalue weighted by atomic mass is 10.1. The van der Waals surface area contributed by atoms with Gasteiger partial charge in [0.2, 0.25) is 0 Å². The van der Waals surface area contributed by atoms with Crippen molar-refractivity contribution in [2.75, 3.05) is 7.05 Å². The van der Waals surface area contributed by atoms with Crippen LogP contribution in [0.4, 0.5) is 8.78 Å². The summed E-state index contributed by atoms with van der Waals surface area (Å²) in [6.45, 7) is 0. The highest BCUT2D eigenvalue weighted by Crippen LogP contribution is 2.25. The number of hydrogen-bond acceptors (Lipinski definition) is 5. The third-order valence-electron chi connectivity index (χ3n) is 5.18. The number of pyridine rings is 1. The summed E-state index contributed by atoms with van der Waals surface area (Å²) < 4.78 is 30.9. The molecule has 0 amide bonds. The molecule has 3 aromatic heterocycles. The van der Waals surface area contributed by atoms with E-state index in [0.29, 0.717) is 12.2 Å². The van der Waals surface area contributed by atoms with Gasteiger partial charge in [0.15, 0.2) is 11.6 Å². The first-order valence-electron chi connectivity index (χ1n) is 9.79. The molecule has 0 spiro atoms. The Morgan fingerprint density at radius 3 is 2.72 bits per heavy atom. The summed E-state index contributed by atoms with van der Waals surface area (Å²) in [7, 11) is 1.56. The number of rotatable bonds is 4. The van der Waals surface area contributed by atoms with E-state index in [1.807, 2.05) is 24.3 Å². The van der Waals surface area contributed by atoms with Crippen molar-refractivity contribution in [2.24, 2.45) is 0 Å². The fraction of sp³-hybridized carbons (Fsp3) is 0.0870. The monoisotopic (exact) mass is 446 g/mol. The lowest BCUT2D eigenvalue weighted by molar-refractivity contribution is 0.509. The summed E-state index contributed by atoms with van der Waals surface area (Å²) in [6, 6.07) is 12.8. The summed E-state index contributed by atoms with van der Waals surface area (Å²) in [5.41, 5.74) is 2.91. The maximum absolute atomic E-state index is 14.8. The van der Waals surface area contributed by atoms with E-state index in [0.717, 1.165) is 22.2 Å². The van der Waals surface area contributed by atoms with Crippen molar-refractivity contribution in [3.63, 3.8) is 0 Å². The van der Waals surface area contributed by atoms with Gasteiger partial charge >= 0.3 is 0 Å². The predicted molar refractivity (Wildman–Crippen MR) is 121 cm³/mol. The maximum atomic E-state index is 14.8. The molecule has 0 aliphatic rings. The minimum absolute atomic E-state index is 0.00372. The quantitative estimate of drug-likeness (QED) is 0.419. The van der Waals surface area contributed by atoms with Gasteiger partial charge in [-0.2, -0.15) is 5.10 Å². The molecule has 1 N–H and O–H groups in total. The van der Waals surface area contributed by atoms with Crippen LogP contribution in [0.5, 0.6) is 0 Å². The number of benzene rings is 2. The number of thiocarbonyl (C=S) groups is 1. The summed E-state index contributed by atoms with van der Waals surface area (Å²) >= 11 is 5.03. The molecule has 0 aliphatic carbocycles. The number of fused-ring (bicyclic) bond motifs is 2. The zero-order valence-corrected chi connectivity index (χ0v) is 17.7. The second kappa shape index (κ2) is 8.01. The molecule has 6 nitrogen and oxygen atoms in total. The van der Waals surface area contributed by atoms with Crippen molar-refractivity contribution >= 4 is 33.9 Å². The van der Waals surface area contributed by atoms with Gasteiger partial charge in [0.25, 0.3) is 5.78 Å². The Labute approximate surface area is 187 Å². The van der Waals surface area contributed by atoms with Crippen LogP contribution in [-0.4, -0.2) is 36.6 Å². The van der Waals surface area contributed by atoms with Crippen LogP contribution in [0.2, 0.25) is 0 Å². The maximum Gasteiger partial charge on any atom is 0.250 e. The van der Waals surface area contributed by atoms with E-state index in [4.69, 9.17) is 12.2 Å². The Kier molecular flexibility index (Phi) is 5.02. The summed E-state index contributed by atoms with van der Waals surface area (Å²) in [5.74, 6) is -1.68. The molecule has 0 saturated heterocycles. The van der Waals surface area contributed by atoms with Crippen molar-refractivity contribution in [1.29, 1.82) is 0 Å². The second-order valence-corrected chi connectivity index (χ2v) is 7.59. The van der Waals surface area contributed by atoms with Crippen LogP contribution in [0.25, 0.3) is 27.9 Å². The lowest BCUT2D eigenvalue weighted by Gasteiger charge is -2.09. The van der Waals surface area contributed by atoms with Crippen molar-refractivity contribution in [3.05, 3.63) is 89.5 Å². The Hall–Kier alpha value is -3.85. The standard InChI is InChI=1S/C23H16F2N6S/c1-26-22(32)17-6-5-16(20(24)21(17)25)19-12-29-23-28-11-15(31(23)30-19)10-13-4-7-18-14(9-13)3-2-8-27-18/h2-9,11-12H,10H2,1H3,(H,26,32). The van der Waals surface area contributed by atoms with Crippen molar-refractivity contribution in [1.82, 2.24) is 29.9 Å². The molecule has 158 valence electrons. The van der Waals surface area contributed by atoms with Gasteiger partial charge in [0, 0.05) is 36.2 Å². The molecule has 32 heavy (non-hydrogen) atoms. The minimum Gasteiger partial charge on any atom is -0.379 e. The molecular weight excluding hydrogens is 430 g/mol. The first kappa shape index (κ1) is 20.1. The molecule has 0 aliphatic heterocycles. The molecule has 5 rings (SSSR count). The van der Waals surface area contributed by atoms with E-state index in [2.05, 4.69) is 31.4 Å². The third-order valence-corrected chi connectivity index (χ3v) is 5.61. The molecule has 5 aromatic rings. The average Bonchev–Trinajstić information content (AvgIpc) is 3.22. The van der Waals surface area contributed by atoms with Gasteiger partial charge in [-0.15, -0.1) is 0 Å². The first-order valence-corrected chi connectivity index (χ1v) is 10.2. The zero-order valence-electron chi connectivity index (χ0n) is 16.9. The fourth-order valence-corrected chi connectivity index (χ4v) is 3.72. The zero-order chi connectivity index (χ0) is 22.2. The summed E-state index contributed by atoms with van der Waals surface area (Å²) in [5, 5.41) is 8.17. The fourth-order valence-electron chi connectivity index (χ4n) is 3.56. The number of halogens is 2. The largest absolute Gasteiger partial charge is 0.379 e. The van der Waals surface area contributed by atoms with Crippen LogP contribution in [-0.2, 0) is 6.42 Å². The van der Waals surface area contributed by atoms with Gasteiger partial charge in [0.1, 0.15) is 10.7 Å². The normalized spacial score (nSPS) is 11.2. The number of hydrogen-bond donors (Lipinski definition) is 1. The van der Waals surface area contributed by atoms with Crippen LogP contribution in [0.3, 0.4) is 0 Å². The van der Waals surface area contributed by atoms with Crippen LogP contribution in [0.15, 0.2) is 61.1 Å². The lowest BCUT2D eigenvalue weighted by Crippen LogP contribution is -2.18. The van der Waals surface area contributed by atoms with Crippen molar-refractivity contribution in [2.45, 2.75) is 6.42 Å². The number of aromatic nitrogens is 5. The van der Waals surface area contributed by atoms with Gasteiger partial charge < -0.3 is 5.32 Å². The molecule has 9 heteroatoms. The minimum atomic E-state index is -1.03. The Bertz CT molecular complexity index is 1500. The summed E-state index contributed by atoms with van der Waals surface area (Å²) in [6.07, 6.45) is 5.35. The highest BCUT2D eigenvalue weighted by molar-refractivity contribution is 7.80. The average molecular weight is 446 g/mol. The van der Waals surface area contributed by atoms with Gasteiger partial charge in [-0.05, 0) is 35.9 Å². The summed E-state index contributed by atoms with van der Waals surface area (Å²) in [4.78, 5) is 13.0. The van der Waals surface area contributed by atoms with E-state index < -0.39 is 11.6 Å². The van der Waals surface area contributed by atoms with Crippen LogP contribution >= 0.6 is 12.2 Å². The molecule has 2 aromatic carbocycles. The van der Waals surface area contributed by atoms with Crippen LogP contribution in [0, 0.1) is 11.6 Å². The smallest absolute Gasteiger partial charge is 0.250 e. The molecule has 0 saturated carbocycles. The molecular formula is C23H16F2N6S. The first-order chi connectivity index (χ1) is 15.5. The molecule has 0 bridgehead atoms. The molecule has 0 atom stereocenters. The van der Waals surface area contributed by atoms with E-state index >= 15 is 0 Å². The van der Waals surface area contributed by atoms with E-state index in [9.17, 15) is 8.78 Å². The van der Waals surface area contributed by atoms with Gasteiger partial charge in [-0.3, -0.25) is 4.98 Å². The Morgan fingerprint density at radius 1 is 1.03 bits per heavy atom. The van der Waals surface area contributed by atoms with E-state index in [1.54, 1.807) is 24.0 Å². The van der Waals surface area contributed by atoms with E-state index in [1.165, 1.54) is 18.3 Å². The highest BCUT2D eigenvalue weighted by Gasteiger charge is 2.19. The van der Waals surface area contributed by atoms with Crippen molar-refractivity contribution in [3.8, 4) is 11.3 Å². The van der Waals surface area contributed by atoms with Gasteiger partial charge in [-0.1, -0.05) is 24.4 Å². The molecule has 0 fully saturated rings. The number of nitrogens with zero attached hydrogens (tertiary/aromatic N) is 5. The number of imidazole rings is 1. The van der Waals surface area contributed by atoms with Crippen LogP contribution < -0.4 is 5.32 Å². The SMILES string of the molecule is CNC(=S)c1ccc(-c2cnc3ncc(Cc4ccc5ncccc5c4)n3n2)c(F)c1F. The predicted octanol–water partition coefficient (Wildman–Crippen LogP) is 4.10. The molecule has 3 heterocycles. The third kappa shape index (κ3) is 3.46. The van der Waals surface area contributed by atoms with Crippen LogP contribution in [0.1, 0.15) is 16.8 Å². The highest BCUT2D eigenvalue weighted by atomic mass is 32.1. The topological polar surface area (TPSA) is 68.0 Å². The van der Waals surface area contributed by atoms with Gasteiger partial charge in [0.05, 0.1) is 23.6 Å². The van der Waals surface area contributed by atoms with E-state index in [-0.39, 0.29) is 21.8 Å². The number of nitrogens with one attached hydrogen (secondary N) is 1. The second-order valence-electron chi connectivity index (χ2n) is 7.18. The van der Waals surface area contributed by atoms with Gasteiger partial charge in [-0.25, -0.2) is 23.3 Å². The molecule has 0 unspecified atom stereocenters. The van der Waals surface area contributed by atoms with Crippen molar-refractivity contribution < 1.29 is 8.78 Å². The molecule has 0 radical (unpaired) electrons.